The number of furan rings is 1. The molecular weight excluding hydrogens is 266 g/mol. The van der Waals surface area contributed by atoms with Crippen molar-refractivity contribution in [2.75, 3.05) is 20.6 Å². The zero-order valence-corrected chi connectivity index (χ0v) is 12.8. The number of hydrogen-bond donors (Lipinski definition) is 2. The zero-order chi connectivity index (χ0) is 15.0. The van der Waals surface area contributed by atoms with Gasteiger partial charge in [0, 0.05) is 12.6 Å². The summed E-state index contributed by atoms with van der Waals surface area (Å²) in [5, 5.41) is 3.09. The van der Waals surface area contributed by atoms with Gasteiger partial charge in [0.15, 0.2) is 0 Å². The highest BCUT2D eigenvalue weighted by Gasteiger charge is 2.49. The van der Waals surface area contributed by atoms with Crippen LogP contribution in [0.3, 0.4) is 0 Å². The van der Waals surface area contributed by atoms with Gasteiger partial charge >= 0.3 is 0 Å². The summed E-state index contributed by atoms with van der Waals surface area (Å²) in [5.74, 6) is 2.04. The number of likely N-dealkylation sites (N-methyl/N-ethyl adjacent to an activating group) is 1. The molecule has 5 atom stereocenters. The molecule has 2 fully saturated rings. The standard InChI is InChI=1S/C16H25N3O2/c1-19(2)12(13-4-3-7-21-13)9-18-16(20)14-10-5-6-11(8-10)15(14)17/h3-4,7,10-12,14-15H,5-6,8-9,17H2,1-2H3,(H,18,20). The average Bonchev–Trinajstić information content (AvgIpc) is 3.14. The van der Waals surface area contributed by atoms with Crippen molar-refractivity contribution in [1.29, 1.82) is 0 Å². The van der Waals surface area contributed by atoms with E-state index in [1.807, 2.05) is 26.2 Å². The van der Waals surface area contributed by atoms with Gasteiger partial charge in [-0.15, -0.1) is 0 Å². The number of nitrogens with zero attached hydrogens (tertiary/aromatic N) is 1. The molecule has 1 aromatic heterocycles. The van der Waals surface area contributed by atoms with Crippen LogP contribution in [0.5, 0.6) is 0 Å². The third-order valence-electron chi connectivity index (χ3n) is 5.25. The van der Waals surface area contributed by atoms with Crippen LogP contribution < -0.4 is 11.1 Å². The maximum absolute atomic E-state index is 12.5. The first-order valence-electron chi connectivity index (χ1n) is 7.81. The molecule has 1 amide bonds. The molecule has 1 aromatic rings. The van der Waals surface area contributed by atoms with E-state index >= 15 is 0 Å². The molecule has 2 saturated carbocycles. The summed E-state index contributed by atoms with van der Waals surface area (Å²) in [6.07, 6.45) is 5.15. The molecular formula is C16H25N3O2. The van der Waals surface area contributed by atoms with E-state index in [2.05, 4.69) is 10.2 Å². The normalized spacial score (nSPS) is 32.6. The van der Waals surface area contributed by atoms with Crippen LogP contribution in [0.15, 0.2) is 22.8 Å². The van der Waals surface area contributed by atoms with Crippen LogP contribution >= 0.6 is 0 Å². The van der Waals surface area contributed by atoms with Crippen LogP contribution in [-0.2, 0) is 4.79 Å². The van der Waals surface area contributed by atoms with Crippen molar-refractivity contribution in [3.8, 4) is 0 Å². The van der Waals surface area contributed by atoms with E-state index in [4.69, 9.17) is 10.2 Å². The third kappa shape index (κ3) is 2.72. The summed E-state index contributed by atoms with van der Waals surface area (Å²) < 4.78 is 5.47. The van der Waals surface area contributed by atoms with E-state index in [1.54, 1.807) is 6.26 Å². The number of hydrogen-bond acceptors (Lipinski definition) is 4. The Labute approximate surface area is 125 Å². The Morgan fingerprint density at radius 1 is 1.48 bits per heavy atom. The average molecular weight is 291 g/mol. The van der Waals surface area contributed by atoms with Crippen molar-refractivity contribution in [1.82, 2.24) is 10.2 Å². The predicted octanol–water partition coefficient (Wildman–Crippen LogP) is 1.37. The zero-order valence-electron chi connectivity index (χ0n) is 12.8. The van der Waals surface area contributed by atoms with Crippen LogP contribution in [0.2, 0.25) is 0 Å². The summed E-state index contributed by atoms with van der Waals surface area (Å²) in [6, 6.07) is 3.92. The lowest BCUT2D eigenvalue weighted by Crippen LogP contribution is -2.46. The van der Waals surface area contributed by atoms with Crippen LogP contribution in [0.4, 0.5) is 0 Å². The number of amides is 1. The van der Waals surface area contributed by atoms with Gasteiger partial charge in [0.1, 0.15) is 5.76 Å². The molecule has 2 aliphatic carbocycles. The Hall–Kier alpha value is -1.33. The lowest BCUT2D eigenvalue weighted by Gasteiger charge is -2.28. The summed E-state index contributed by atoms with van der Waals surface area (Å²) in [7, 11) is 3.98. The highest BCUT2D eigenvalue weighted by Crippen LogP contribution is 2.47. The molecule has 5 unspecified atom stereocenters. The number of carbonyl (C=O) groups excluding carboxylic acids is 1. The SMILES string of the molecule is CN(C)C(CNC(=O)C1C2CCC(C2)C1N)c1ccco1. The van der Waals surface area contributed by atoms with Crippen molar-refractivity contribution in [2.45, 2.75) is 31.3 Å². The Bertz CT molecular complexity index is 484. The lowest BCUT2D eigenvalue weighted by molar-refractivity contribution is -0.127. The molecule has 0 saturated heterocycles. The van der Waals surface area contributed by atoms with Crippen LogP contribution in [-0.4, -0.2) is 37.5 Å². The van der Waals surface area contributed by atoms with Crippen molar-refractivity contribution in [3.63, 3.8) is 0 Å². The maximum Gasteiger partial charge on any atom is 0.225 e. The number of rotatable bonds is 5. The largest absolute Gasteiger partial charge is 0.468 e. The van der Waals surface area contributed by atoms with Gasteiger partial charge < -0.3 is 15.5 Å². The van der Waals surface area contributed by atoms with Crippen molar-refractivity contribution >= 4 is 5.91 Å². The molecule has 1 heterocycles. The van der Waals surface area contributed by atoms with E-state index in [1.165, 1.54) is 6.42 Å². The third-order valence-corrected chi connectivity index (χ3v) is 5.25. The van der Waals surface area contributed by atoms with Crippen molar-refractivity contribution < 1.29 is 9.21 Å². The summed E-state index contributed by atoms with van der Waals surface area (Å²) in [6.45, 7) is 0.556. The second-order valence-electron chi connectivity index (χ2n) is 6.68. The van der Waals surface area contributed by atoms with Gasteiger partial charge in [-0.2, -0.15) is 0 Å². The smallest absolute Gasteiger partial charge is 0.225 e. The van der Waals surface area contributed by atoms with Gasteiger partial charge in [0.2, 0.25) is 5.91 Å². The van der Waals surface area contributed by atoms with Gasteiger partial charge in [0.25, 0.3) is 0 Å². The molecule has 5 heteroatoms. The summed E-state index contributed by atoms with van der Waals surface area (Å²) >= 11 is 0. The molecule has 21 heavy (non-hydrogen) atoms. The Morgan fingerprint density at radius 2 is 2.24 bits per heavy atom. The quantitative estimate of drug-likeness (QED) is 0.859. The fourth-order valence-electron chi connectivity index (χ4n) is 4.06. The summed E-state index contributed by atoms with van der Waals surface area (Å²) in [5.41, 5.74) is 6.24. The Morgan fingerprint density at radius 3 is 2.81 bits per heavy atom. The minimum atomic E-state index is 0.00293. The van der Waals surface area contributed by atoms with Gasteiger partial charge in [-0.05, 0) is 57.3 Å². The topological polar surface area (TPSA) is 71.5 Å². The molecule has 0 radical (unpaired) electrons. The van der Waals surface area contributed by atoms with Gasteiger partial charge in [-0.3, -0.25) is 9.69 Å². The van der Waals surface area contributed by atoms with Gasteiger partial charge in [0.05, 0.1) is 18.2 Å². The fraction of sp³-hybridized carbons (Fsp3) is 0.688. The first-order chi connectivity index (χ1) is 10.1. The maximum atomic E-state index is 12.5. The Kier molecular flexibility index (Phi) is 4.04. The molecule has 5 nitrogen and oxygen atoms in total. The van der Waals surface area contributed by atoms with E-state index in [-0.39, 0.29) is 23.9 Å². The molecule has 116 valence electrons. The molecule has 3 rings (SSSR count). The molecule has 0 aromatic carbocycles. The number of nitrogens with two attached hydrogens (primary N) is 1. The highest BCUT2D eigenvalue weighted by atomic mass is 16.3. The molecule has 2 bridgehead atoms. The molecule has 2 aliphatic rings. The number of carbonyl (C=O) groups is 1. The monoisotopic (exact) mass is 291 g/mol. The second-order valence-corrected chi connectivity index (χ2v) is 6.68. The van der Waals surface area contributed by atoms with E-state index in [0.717, 1.165) is 18.6 Å². The van der Waals surface area contributed by atoms with E-state index < -0.39 is 0 Å². The number of fused-ring (bicyclic) bond motifs is 2. The first-order valence-corrected chi connectivity index (χ1v) is 7.81. The number of nitrogens with one attached hydrogen (secondary N) is 1. The minimum absolute atomic E-state index is 0.00293. The lowest BCUT2D eigenvalue weighted by atomic mass is 9.84. The second kappa shape index (κ2) is 5.81. The summed E-state index contributed by atoms with van der Waals surface area (Å²) in [4.78, 5) is 14.6. The van der Waals surface area contributed by atoms with Gasteiger partial charge in [-0.1, -0.05) is 0 Å². The fourth-order valence-corrected chi connectivity index (χ4v) is 4.06. The first kappa shape index (κ1) is 14.6. The Balaban J connectivity index is 1.60. The van der Waals surface area contributed by atoms with E-state index in [0.29, 0.717) is 18.4 Å². The van der Waals surface area contributed by atoms with Gasteiger partial charge in [-0.25, -0.2) is 0 Å². The van der Waals surface area contributed by atoms with Crippen molar-refractivity contribution in [2.24, 2.45) is 23.5 Å². The predicted molar refractivity (Wildman–Crippen MR) is 80.4 cm³/mol. The molecule has 3 N–H and O–H groups in total. The van der Waals surface area contributed by atoms with E-state index in [9.17, 15) is 4.79 Å². The highest BCUT2D eigenvalue weighted by molar-refractivity contribution is 5.80. The minimum Gasteiger partial charge on any atom is -0.468 e. The van der Waals surface area contributed by atoms with Crippen LogP contribution in [0.1, 0.15) is 31.1 Å². The molecule has 0 spiro atoms. The van der Waals surface area contributed by atoms with Crippen molar-refractivity contribution in [3.05, 3.63) is 24.2 Å². The van der Waals surface area contributed by atoms with Crippen LogP contribution in [0, 0.1) is 17.8 Å². The molecule has 0 aliphatic heterocycles. The van der Waals surface area contributed by atoms with Crippen LogP contribution in [0.25, 0.3) is 0 Å².